The van der Waals surface area contributed by atoms with Gasteiger partial charge in [0.2, 0.25) is 5.91 Å². The van der Waals surface area contributed by atoms with Gasteiger partial charge in [0.05, 0.1) is 6.54 Å². The van der Waals surface area contributed by atoms with Crippen molar-refractivity contribution in [2.75, 3.05) is 18.9 Å². The van der Waals surface area contributed by atoms with E-state index in [1.54, 1.807) is 0 Å². The summed E-state index contributed by atoms with van der Waals surface area (Å²) < 4.78 is 0. The highest BCUT2D eigenvalue weighted by atomic mass is 16.2. The van der Waals surface area contributed by atoms with Crippen LogP contribution < -0.4 is 5.32 Å². The van der Waals surface area contributed by atoms with Crippen molar-refractivity contribution in [3.63, 3.8) is 0 Å². The van der Waals surface area contributed by atoms with Gasteiger partial charge in [0.25, 0.3) is 0 Å². The number of hydrogen-bond donors (Lipinski definition) is 1. The Labute approximate surface area is 148 Å². The maximum Gasteiger partial charge on any atom is 0.238 e. The molecule has 1 amide bonds. The molecule has 1 aliphatic rings. The summed E-state index contributed by atoms with van der Waals surface area (Å²) in [5, 5.41) is 5.30. The third kappa shape index (κ3) is 3.15. The van der Waals surface area contributed by atoms with Crippen LogP contribution in [0.15, 0.2) is 66.7 Å². The van der Waals surface area contributed by atoms with Crippen LogP contribution >= 0.6 is 0 Å². The second-order valence-corrected chi connectivity index (χ2v) is 6.74. The summed E-state index contributed by atoms with van der Waals surface area (Å²) in [6.45, 7) is 0.391. The molecule has 0 aliphatic heterocycles. The summed E-state index contributed by atoms with van der Waals surface area (Å²) in [6, 6.07) is 23.0. The van der Waals surface area contributed by atoms with Gasteiger partial charge in [-0.05, 0) is 42.5 Å². The molecule has 0 spiro atoms. The summed E-state index contributed by atoms with van der Waals surface area (Å²) >= 11 is 0. The molecule has 4 rings (SSSR count). The number of fused-ring (bicyclic) bond motifs is 2. The van der Waals surface area contributed by atoms with Gasteiger partial charge in [-0.25, -0.2) is 0 Å². The first-order chi connectivity index (χ1) is 12.2. The highest BCUT2D eigenvalue weighted by Crippen LogP contribution is 2.34. The predicted octanol–water partition coefficient (Wildman–Crippen LogP) is 4.40. The van der Waals surface area contributed by atoms with Gasteiger partial charge in [-0.3, -0.25) is 9.69 Å². The van der Waals surface area contributed by atoms with E-state index in [-0.39, 0.29) is 5.91 Å². The molecule has 25 heavy (non-hydrogen) atoms. The first-order valence-electron chi connectivity index (χ1n) is 8.78. The van der Waals surface area contributed by atoms with E-state index in [1.807, 2.05) is 37.4 Å². The number of nitrogens with one attached hydrogen (secondary N) is 1. The van der Waals surface area contributed by atoms with Crippen molar-refractivity contribution in [1.29, 1.82) is 0 Å². The van der Waals surface area contributed by atoms with Gasteiger partial charge < -0.3 is 5.32 Å². The van der Waals surface area contributed by atoms with Gasteiger partial charge in [-0.2, -0.15) is 0 Å². The van der Waals surface area contributed by atoms with E-state index in [2.05, 4.69) is 46.6 Å². The summed E-state index contributed by atoms with van der Waals surface area (Å²) in [7, 11) is 2.04. The minimum absolute atomic E-state index is 0.0308. The Morgan fingerprint density at radius 2 is 1.80 bits per heavy atom. The smallest absolute Gasteiger partial charge is 0.238 e. The van der Waals surface area contributed by atoms with Crippen LogP contribution in [0.4, 0.5) is 5.69 Å². The minimum Gasteiger partial charge on any atom is -0.324 e. The highest BCUT2D eigenvalue weighted by Gasteiger charge is 2.26. The van der Waals surface area contributed by atoms with E-state index in [0.717, 1.165) is 29.3 Å². The average molecular weight is 330 g/mol. The summed E-state index contributed by atoms with van der Waals surface area (Å²) in [5.41, 5.74) is 3.65. The highest BCUT2D eigenvalue weighted by molar-refractivity contribution is 6.02. The Morgan fingerprint density at radius 1 is 1.04 bits per heavy atom. The lowest BCUT2D eigenvalue weighted by Gasteiger charge is -2.24. The minimum atomic E-state index is 0.0308. The first kappa shape index (κ1) is 15.9. The number of amides is 1. The zero-order chi connectivity index (χ0) is 17.2. The van der Waals surface area contributed by atoms with Crippen LogP contribution in [0.1, 0.15) is 23.6 Å². The molecule has 1 N–H and O–H groups in total. The quantitative estimate of drug-likeness (QED) is 0.769. The lowest BCUT2D eigenvalue weighted by Crippen LogP contribution is -2.32. The molecule has 3 aromatic rings. The van der Waals surface area contributed by atoms with E-state index < -0.39 is 0 Å². The van der Waals surface area contributed by atoms with E-state index in [0.29, 0.717) is 12.6 Å². The molecule has 3 aromatic carbocycles. The second-order valence-electron chi connectivity index (χ2n) is 6.74. The number of nitrogens with zero attached hydrogens (tertiary/aromatic N) is 1. The van der Waals surface area contributed by atoms with Crippen LogP contribution in [-0.4, -0.2) is 24.4 Å². The summed E-state index contributed by atoms with van der Waals surface area (Å²) in [5.74, 6) is 0.0308. The molecule has 0 fully saturated rings. The number of likely N-dealkylation sites (N-methyl/N-ethyl adjacent to an activating group) is 1. The standard InChI is InChI=1S/C22H22N2O/c1-24(21-14-13-17-8-3-5-11-19(17)21)15-22(25)23-20-12-6-9-16-7-2-4-10-18(16)20/h2-12,21H,13-15H2,1H3,(H,23,25)/t21-/m1/s1. The summed E-state index contributed by atoms with van der Waals surface area (Å²) in [6.07, 6.45) is 2.17. The normalized spacial score (nSPS) is 16.2. The molecule has 126 valence electrons. The monoisotopic (exact) mass is 330 g/mol. The molecule has 0 radical (unpaired) electrons. The van der Waals surface area contributed by atoms with Crippen LogP contribution in [-0.2, 0) is 11.2 Å². The Morgan fingerprint density at radius 3 is 2.72 bits per heavy atom. The van der Waals surface area contributed by atoms with Crippen LogP contribution in [0.2, 0.25) is 0 Å². The van der Waals surface area contributed by atoms with Crippen molar-refractivity contribution in [3.05, 3.63) is 77.9 Å². The molecule has 0 saturated carbocycles. The number of benzene rings is 3. The Balaban J connectivity index is 1.47. The largest absolute Gasteiger partial charge is 0.324 e. The van der Waals surface area contributed by atoms with Crippen LogP contribution in [0.3, 0.4) is 0 Å². The molecular weight excluding hydrogens is 308 g/mol. The zero-order valence-corrected chi connectivity index (χ0v) is 14.4. The molecule has 0 heterocycles. The Hall–Kier alpha value is -2.65. The van der Waals surface area contributed by atoms with Crippen LogP contribution in [0.25, 0.3) is 10.8 Å². The molecule has 1 aliphatic carbocycles. The van der Waals surface area contributed by atoms with E-state index in [4.69, 9.17) is 0 Å². The topological polar surface area (TPSA) is 32.3 Å². The molecule has 0 unspecified atom stereocenters. The van der Waals surface area contributed by atoms with Crippen LogP contribution in [0, 0.1) is 0 Å². The van der Waals surface area contributed by atoms with Crippen molar-refractivity contribution < 1.29 is 4.79 Å². The molecule has 0 aromatic heterocycles. The zero-order valence-electron chi connectivity index (χ0n) is 14.4. The number of carbonyl (C=O) groups is 1. The van der Waals surface area contributed by atoms with Crippen LogP contribution in [0.5, 0.6) is 0 Å². The Kier molecular flexibility index (Phi) is 4.24. The summed E-state index contributed by atoms with van der Waals surface area (Å²) in [4.78, 5) is 14.7. The number of hydrogen-bond acceptors (Lipinski definition) is 2. The predicted molar refractivity (Wildman–Crippen MR) is 103 cm³/mol. The maximum atomic E-state index is 12.6. The van der Waals surface area contributed by atoms with Gasteiger partial charge in [0.15, 0.2) is 0 Å². The lowest BCUT2D eigenvalue weighted by molar-refractivity contribution is -0.117. The fraction of sp³-hybridized carbons (Fsp3) is 0.227. The van der Waals surface area contributed by atoms with Gasteiger partial charge in [0, 0.05) is 17.1 Å². The fourth-order valence-corrected chi connectivity index (χ4v) is 3.85. The van der Waals surface area contributed by atoms with Gasteiger partial charge in [0.1, 0.15) is 0 Å². The molecule has 0 saturated heterocycles. The number of aryl methyl sites for hydroxylation is 1. The Bertz CT molecular complexity index is 913. The average Bonchev–Trinajstić information content (AvgIpc) is 3.06. The molecule has 3 nitrogen and oxygen atoms in total. The molecular formula is C22H22N2O. The SMILES string of the molecule is CN(CC(=O)Nc1cccc2ccccc12)[C@@H]1CCc2ccccc21. The molecule has 1 atom stereocenters. The second kappa shape index (κ2) is 6.69. The number of anilines is 1. The third-order valence-corrected chi connectivity index (χ3v) is 5.09. The van der Waals surface area contributed by atoms with Crippen molar-refractivity contribution in [3.8, 4) is 0 Å². The van der Waals surface area contributed by atoms with Crippen molar-refractivity contribution >= 4 is 22.4 Å². The van der Waals surface area contributed by atoms with E-state index in [9.17, 15) is 4.79 Å². The third-order valence-electron chi connectivity index (χ3n) is 5.09. The van der Waals surface area contributed by atoms with E-state index in [1.165, 1.54) is 11.1 Å². The van der Waals surface area contributed by atoms with E-state index >= 15 is 0 Å². The van der Waals surface area contributed by atoms with Crippen molar-refractivity contribution in [2.24, 2.45) is 0 Å². The van der Waals surface area contributed by atoms with Crippen molar-refractivity contribution in [1.82, 2.24) is 4.90 Å². The first-order valence-corrected chi connectivity index (χ1v) is 8.78. The fourth-order valence-electron chi connectivity index (χ4n) is 3.85. The molecule has 0 bridgehead atoms. The number of rotatable bonds is 4. The van der Waals surface area contributed by atoms with Gasteiger partial charge in [-0.15, -0.1) is 0 Å². The lowest BCUT2D eigenvalue weighted by atomic mass is 10.1. The van der Waals surface area contributed by atoms with Gasteiger partial charge in [-0.1, -0.05) is 60.7 Å². The maximum absolute atomic E-state index is 12.6. The van der Waals surface area contributed by atoms with Crippen molar-refractivity contribution in [2.45, 2.75) is 18.9 Å². The molecule has 3 heteroatoms. The van der Waals surface area contributed by atoms with Gasteiger partial charge >= 0.3 is 0 Å². The number of carbonyl (C=O) groups excluding carboxylic acids is 1.